The van der Waals surface area contributed by atoms with Gasteiger partial charge in [-0.05, 0) is 0 Å². The van der Waals surface area contributed by atoms with Crippen molar-refractivity contribution in [2.24, 2.45) is 0 Å². The van der Waals surface area contributed by atoms with Crippen LogP contribution >= 0.6 is 0 Å². The fourth-order valence-electron chi connectivity index (χ4n) is 1.59. The van der Waals surface area contributed by atoms with E-state index >= 15 is 0 Å². The summed E-state index contributed by atoms with van der Waals surface area (Å²) in [5, 5.41) is 0. The first kappa shape index (κ1) is 8.29. The molecule has 0 unspecified atom stereocenters. The monoisotopic (exact) mass is 295 g/mol. The predicted octanol–water partition coefficient (Wildman–Crippen LogP) is -0.0804. The minimum atomic E-state index is -0.294. The van der Waals surface area contributed by atoms with Gasteiger partial charge in [-0.3, -0.25) is 0 Å². The molecule has 3 rings (SSSR count). The molecule has 0 bridgehead atoms. The molecule has 1 aliphatic rings. The molecule has 0 radical (unpaired) electrons. The maximum atomic E-state index is 5.76. The van der Waals surface area contributed by atoms with Gasteiger partial charge in [-0.2, -0.15) is 0 Å². The number of para-hydroxylation sites is 1. The van der Waals surface area contributed by atoms with Crippen LogP contribution in [0.2, 0.25) is 0 Å². The molecular weight excluding hydrogens is 287 g/mol. The Labute approximate surface area is 93.5 Å². The van der Waals surface area contributed by atoms with Crippen LogP contribution < -0.4 is 24.7 Å². The van der Waals surface area contributed by atoms with Gasteiger partial charge in [0, 0.05) is 0 Å². The van der Waals surface area contributed by atoms with E-state index in [9.17, 15) is 0 Å². The first-order valence-electron chi connectivity index (χ1n) is 4.45. The molecule has 0 N–H and O–H groups in total. The van der Waals surface area contributed by atoms with Gasteiger partial charge in [0.2, 0.25) is 0 Å². The molecule has 0 aliphatic carbocycles. The topological polar surface area (TPSA) is 9.23 Å². The van der Waals surface area contributed by atoms with Gasteiger partial charge in [0.25, 0.3) is 0 Å². The van der Waals surface area contributed by atoms with E-state index in [-0.39, 0.29) is 21.6 Å². The van der Waals surface area contributed by atoms with Crippen LogP contribution in [0.25, 0.3) is 11.1 Å². The Kier molecular flexibility index (Phi) is 1.94. The normalized spacial score (nSPS) is 13.1. The van der Waals surface area contributed by atoms with E-state index in [0.29, 0.717) is 0 Å². The van der Waals surface area contributed by atoms with Gasteiger partial charge >= 0.3 is 93.7 Å². The molecule has 0 saturated carbocycles. The molecule has 2 aromatic carbocycles. The van der Waals surface area contributed by atoms with Crippen LogP contribution in [-0.2, 0) is 0 Å². The summed E-state index contributed by atoms with van der Waals surface area (Å²) in [6.07, 6.45) is 0. The molecule has 1 heterocycles. The Balaban J connectivity index is 2.29. The van der Waals surface area contributed by atoms with Crippen LogP contribution in [0.5, 0.6) is 5.75 Å². The zero-order valence-electron chi connectivity index (χ0n) is 7.41. The van der Waals surface area contributed by atoms with Crippen molar-refractivity contribution < 1.29 is 24.7 Å². The fourth-order valence-corrected chi connectivity index (χ4v) is 3.51. The Morgan fingerprint density at radius 3 is 2.43 bits per heavy atom. The first-order chi connectivity index (χ1) is 6.95. The number of fused-ring (bicyclic) bond motifs is 3. The van der Waals surface area contributed by atoms with Gasteiger partial charge < -0.3 is 0 Å². The molecule has 70 valence electrons. The summed E-state index contributed by atoms with van der Waals surface area (Å²) < 4.78 is 7.14. The summed E-state index contributed by atoms with van der Waals surface area (Å²) in [6.45, 7) is 0. The number of hydrogen-bond donors (Lipinski definition) is 0. The fraction of sp³-hybridized carbons (Fsp3) is 0. The van der Waals surface area contributed by atoms with Crippen molar-refractivity contribution >= 4 is 0 Å². The van der Waals surface area contributed by atoms with Crippen LogP contribution in [0.3, 0.4) is 0 Å². The minimum absolute atomic E-state index is 0.294. The van der Waals surface area contributed by atoms with E-state index in [0.717, 1.165) is 5.75 Å². The standard InChI is InChI=1S/C12H8IO/c1-3-7-11-9(5-1)10-6-2-4-8-12(10)14-13-11/h1-8H/q-1. The quantitative estimate of drug-likeness (QED) is 0.618. The molecule has 0 fully saturated rings. The Hall–Kier alpha value is -1.03. The van der Waals surface area contributed by atoms with Gasteiger partial charge in [-0.15, -0.1) is 0 Å². The number of halogens is 1. The number of hydrogen-bond acceptors (Lipinski definition) is 1. The molecule has 1 aliphatic heterocycles. The predicted molar refractivity (Wildman–Crippen MR) is 51.2 cm³/mol. The van der Waals surface area contributed by atoms with Crippen LogP contribution in [0, 0.1) is 3.57 Å². The van der Waals surface area contributed by atoms with Crippen molar-refractivity contribution in [1.29, 1.82) is 0 Å². The summed E-state index contributed by atoms with van der Waals surface area (Å²) in [4.78, 5) is 0. The molecule has 2 heteroatoms. The molecule has 0 amide bonds. The summed E-state index contributed by atoms with van der Waals surface area (Å²) in [7, 11) is 0. The van der Waals surface area contributed by atoms with E-state index in [2.05, 4.69) is 36.4 Å². The van der Waals surface area contributed by atoms with E-state index < -0.39 is 0 Å². The van der Waals surface area contributed by atoms with Crippen molar-refractivity contribution in [2.75, 3.05) is 0 Å². The molecule has 2 aromatic rings. The van der Waals surface area contributed by atoms with E-state index in [4.69, 9.17) is 3.07 Å². The summed E-state index contributed by atoms with van der Waals surface area (Å²) in [5.41, 5.74) is 2.58. The van der Waals surface area contributed by atoms with Crippen molar-refractivity contribution in [3.05, 3.63) is 52.1 Å². The van der Waals surface area contributed by atoms with E-state index in [1.165, 1.54) is 14.7 Å². The van der Waals surface area contributed by atoms with Crippen LogP contribution in [0.1, 0.15) is 0 Å². The van der Waals surface area contributed by atoms with Crippen molar-refractivity contribution in [3.8, 4) is 16.9 Å². The van der Waals surface area contributed by atoms with Crippen LogP contribution in [0.4, 0.5) is 0 Å². The third kappa shape index (κ3) is 1.21. The third-order valence-corrected chi connectivity index (χ3v) is 4.37. The van der Waals surface area contributed by atoms with Crippen molar-refractivity contribution in [2.45, 2.75) is 0 Å². The second kappa shape index (κ2) is 3.28. The van der Waals surface area contributed by atoms with E-state index in [1.807, 2.05) is 12.1 Å². The van der Waals surface area contributed by atoms with Crippen LogP contribution in [-0.4, -0.2) is 0 Å². The SMILES string of the molecule is c1ccc2c(c1)O[I-]c1ccccc1-2. The number of benzene rings is 2. The van der Waals surface area contributed by atoms with Crippen molar-refractivity contribution in [3.63, 3.8) is 0 Å². The van der Waals surface area contributed by atoms with Crippen molar-refractivity contribution in [1.82, 2.24) is 0 Å². The average Bonchev–Trinajstić information content (AvgIpc) is 2.29. The van der Waals surface area contributed by atoms with Gasteiger partial charge in [0.15, 0.2) is 0 Å². The van der Waals surface area contributed by atoms with Crippen LogP contribution in [0.15, 0.2) is 48.5 Å². The first-order valence-corrected chi connectivity index (χ1v) is 6.41. The number of rotatable bonds is 0. The third-order valence-electron chi connectivity index (χ3n) is 2.26. The Bertz CT molecular complexity index is 434. The average molecular weight is 295 g/mol. The molecule has 14 heavy (non-hydrogen) atoms. The molecule has 0 atom stereocenters. The van der Waals surface area contributed by atoms with E-state index in [1.54, 1.807) is 0 Å². The van der Waals surface area contributed by atoms with Gasteiger partial charge in [-0.1, -0.05) is 0 Å². The maximum absolute atomic E-state index is 5.76. The summed E-state index contributed by atoms with van der Waals surface area (Å²) in [5.74, 6) is 1.04. The zero-order valence-corrected chi connectivity index (χ0v) is 9.56. The molecule has 1 nitrogen and oxygen atoms in total. The second-order valence-corrected chi connectivity index (χ2v) is 5.17. The zero-order chi connectivity index (χ0) is 9.38. The Morgan fingerprint density at radius 2 is 1.50 bits per heavy atom. The van der Waals surface area contributed by atoms with Gasteiger partial charge in [0.1, 0.15) is 0 Å². The molecule has 0 spiro atoms. The second-order valence-electron chi connectivity index (χ2n) is 3.13. The molecule has 0 aromatic heterocycles. The summed E-state index contributed by atoms with van der Waals surface area (Å²) in [6, 6.07) is 16.8. The van der Waals surface area contributed by atoms with Gasteiger partial charge in [0.05, 0.1) is 0 Å². The molecule has 0 saturated heterocycles. The summed E-state index contributed by atoms with van der Waals surface area (Å²) >= 11 is -0.294. The molecular formula is C12H8IO-. The van der Waals surface area contributed by atoms with Gasteiger partial charge in [-0.25, -0.2) is 0 Å². The Morgan fingerprint density at radius 1 is 0.786 bits per heavy atom.